The number of rotatable bonds is 5. The van der Waals surface area contributed by atoms with E-state index in [0.717, 1.165) is 12.0 Å². The number of hydrazine groups is 1. The van der Waals surface area contributed by atoms with Crippen LogP contribution in [0.4, 0.5) is 0 Å². The Morgan fingerprint density at radius 3 is 2.96 bits per heavy atom. The lowest BCUT2D eigenvalue weighted by Crippen LogP contribution is -2.42. The summed E-state index contributed by atoms with van der Waals surface area (Å²) in [5.74, 6) is 0.668. The average Bonchev–Trinajstić information content (AvgIpc) is 3.41. The van der Waals surface area contributed by atoms with E-state index in [1.165, 1.54) is 16.1 Å². The highest BCUT2D eigenvalue weighted by Crippen LogP contribution is 2.28. The Labute approximate surface area is 154 Å². The van der Waals surface area contributed by atoms with Crippen molar-refractivity contribution in [3.05, 3.63) is 58.4 Å². The molecule has 0 aliphatic carbocycles. The molecule has 3 N–H and O–H groups in total. The Bertz CT molecular complexity index is 875. The van der Waals surface area contributed by atoms with Crippen LogP contribution in [0.15, 0.2) is 43.1 Å². The van der Waals surface area contributed by atoms with Gasteiger partial charge < -0.3 is 5.32 Å². The number of carbonyl (C=O) groups is 1. The zero-order valence-electron chi connectivity index (χ0n) is 14.2. The van der Waals surface area contributed by atoms with Gasteiger partial charge in [0.05, 0.1) is 6.04 Å². The van der Waals surface area contributed by atoms with Crippen molar-refractivity contribution in [1.82, 2.24) is 35.9 Å². The van der Waals surface area contributed by atoms with Crippen LogP contribution in [0.3, 0.4) is 0 Å². The standard InChI is InChI=1S/C17H19N7OS/c1-11-2-4-15(26-11)13-6-14(23-22-13)17(25)20-8-12-3-5-16(19-7-12)24-10-18-9-21-24/h2-5,7,9-10,13-14,22-23H,6,8H2,1H3,(H,20,25). The Kier molecular flexibility index (Phi) is 4.74. The fourth-order valence-electron chi connectivity index (χ4n) is 2.85. The SMILES string of the molecule is Cc1ccc(C2CC(C(=O)NCc3ccc(-n4cncn4)nc3)NN2)s1. The molecule has 4 heterocycles. The van der Waals surface area contributed by atoms with Crippen molar-refractivity contribution < 1.29 is 4.79 Å². The minimum atomic E-state index is -0.246. The average molecular weight is 369 g/mol. The maximum atomic E-state index is 12.4. The summed E-state index contributed by atoms with van der Waals surface area (Å²) in [6.07, 6.45) is 5.52. The van der Waals surface area contributed by atoms with Crippen LogP contribution in [0.1, 0.15) is 27.8 Å². The molecular weight excluding hydrogens is 350 g/mol. The Morgan fingerprint density at radius 1 is 1.35 bits per heavy atom. The highest BCUT2D eigenvalue weighted by Gasteiger charge is 2.30. The molecular formula is C17H19N7OS. The number of hydrogen-bond acceptors (Lipinski definition) is 7. The summed E-state index contributed by atoms with van der Waals surface area (Å²) in [4.78, 5) is 23.2. The van der Waals surface area contributed by atoms with E-state index in [2.05, 4.69) is 50.3 Å². The van der Waals surface area contributed by atoms with E-state index in [1.54, 1.807) is 28.5 Å². The second-order valence-corrected chi connectivity index (χ2v) is 7.48. The van der Waals surface area contributed by atoms with Crippen LogP contribution in [-0.4, -0.2) is 31.7 Å². The fraction of sp³-hybridized carbons (Fsp3) is 0.294. The molecule has 1 aliphatic heterocycles. The lowest BCUT2D eigenvalue weighted by atomic mass is 10.1. The van der Waals surface area contributed by atoms with Gasteiger partial charge in [0.2, 0.25) is 5.91 Å². The first kappa shape index (κ1) is 16.8. The Morgan fingerprint density at radius 2 is 2.27 bits per heavy atom. The molecule has 3 aromatic heterocycles. The molecule has 26 heavy (non-hydrogen) atoms. The normalized spacial score (nSPS) is 19.6. The quantitative estimate of drug-likeness (QED) is 0.626. The molecule has 0 spiro atoms. The third-order valence-electron chi connectivity index (χ3n) is 4.25. The first-order valence-electron chi connectivity index (χ1n) is 8.34. The summed E-state index contributed by atoms with van der Waals surface area (Å²) in [6.45, 7) is 2.52. The second-order valence-electron chi connectivity index (χ2n) is 6.16. The first-order valence-corrected chi connectivity index (χ1v) is 9.16. The first-order chi connectivity index (χ1) is 12.7. The molecule has 1 saturated heterocycles. The second kappa shape index (κ2) is 7.32. The maximum absolute atomic E-state index is 12.4. The van der Waals surface area contributed by atoms with Crippen LogP contribution in [0.5, 0.6) is 0 Å². The van der Waals surface area contributed by atoms with Gasteiger partial charge in [-0.25, -0.2) is 25.5 Å². The summed E-state index contributed by atoms with van der Waals surface area (Å²) in [7, 11) is 0. The van der Waals surface area contributed by atoms with E-state index < -0.39 is 0 Å². The summed E-state index contributed by atoms with van der Waals surface area (Å²) in [5.41, 5.74) is 7.23. The lowest BCUT2D eigenvalue weighted by Gasteiger charge is -2.10. The fourth-order valence-corrected chi connectivity index (χ4v) is 3.79. The number of hydrogen-bond donors (Lipinski definition) is 3. The molecule has 1 amide bonds. The van der Waals surface area contributed by atoms with Crippen LogP contribution in [-0.2, 0) is 11.3 Å². The van der Waals surface area contributed by atoms with E-state index in [0.29, 0.717) is 12.4 Å². The smallest absolute Gasteiger partial charge is 0.238 e. The number of nitrogens with one attached hydrogen (secondary N) is 3. The Balaban J connectivity index is 1.30. The molecule has 0 bridgehead atoms. The Hall–Kier alpha value is -2.62. The summed E-state index contributed by atoms with van der Waals surface area (Å²) >= 11 is 1.76. The van der Waals surface area contributed by atoms with E-state index >= 15 is 0 Å². The van der Waals surface area contributed by atoms with Crippen LogP contribution >= 0.6 is 11.3 Å². The van der Waals surface area contributed by atoms with Gasteiger partial charge in [0, 0.05) is 22.5 Å². The van der Waals surface area contributed by atoms with Gasteiger partial charge >= 0.3 is 0 Å². The molecule has 2 atom stereocenters. The zero-order valence-corrected chi connectivity index (χ0v) is 15.0. The highest BCUT2D eigenvalue weighted by atomic mass is 32.1. The van der Waals surface area contributed by atoms with Crippen LogP contribution in [0.2, 0.25) is 0 Å². The van der Waals surface area contributed by atoms with Gasteiger partial charge in [-0.3, -0.25) is 4.79 Å². The van der Waals surface area contributed by atoms with Crippen molar-refractivity contribution in [2.75, 3.05) is 0 Å². The molecule has 0 saturated carbocycles. The number of aryl methyl sites for hydroxylation is 1. The number of aromatic nitrogens is 4. The predicted octanol–water partition coefficient (Wildman–Crippen LogP) is 1.26. The van der Waals surface area contributed by atoms with Crippen molar-refractivity contribution >= 4 is 17.2 Å². The molecule has 2 unspecified atom stereocenters. The number of thiophene rings is 1. The minimum Gasteiger partial charge on any atom is -0.351 e. The van der Waals surface area contributed by atoms with Crippen LogP contribution in [0.25, 0.3) is 5.82 Å². The molecule has 1 fully saturated rings. The highest BCUT2D eigenvalue weighted by molar-refractivity contribution is 7.12. The number of amides is 1. The molecule has 3 aromatic rings. The molecule has 0 aromatic carbocycles. The molecule has 9 heteroatoms. The van der Waals surface area contributed by atoms with Crippen molar-refractivity contribution in [3.63, 3.8) is 0 Å². The van der Waals surface area contributed by atoms with Crippen molar-refractivity contribution in [2.24, 2.45) is 0 Å². The molecule has 1 aliphatic rings. The summed E-state index contributed by atoms with van der Waals surface area (Å²) in [6, 6.07) is 7.91. The van der Waals surface area contributed by atoms with Crippen LogP contribution in [0, 0.1) is 6.92 Å². The lowest BCUT2D eigenvalue weighted by molar-refractivity contribution is -0.123. The molecule has 4 rings (SSSR count). The predicted molar refractivity (Wildman–Crippen MR) is 97.5 cm³/mol. The topological polar surface area (TPSA) is 96.8 Å². The van der Waals surface area contributed by atoms with Gasteiger partial charge in [-0.1, -0.05) is 6.07 Å². The number of pyridine rings is 1. The van der Waals surface area contributed by atoms with E-state index in [9.17, 15) is 4.79 Å². The van der Waals surface area contributed by atoms with Gasteiger partial charge in [-0.2, -0.15) is 5.10 Å². The minimum absolute atomic E-state index is 0.0198. The van der Waals surface area contributed by atoms with Crippen molar-refractivity contribution in [3.8, 4) is 5.82 Å². The van der Waals surface area contributed by atoms with Gasteiger partial charge in [0.15, 0.2) is 5.82 Å². The van der Waals surface area contributed by atoms with Crippen molar-refractivity contribution in [2.45, 2.75) is 32.0 Å². The van der Waals surface area contributed by atoms with Gasteiger partial charge in [0.1, 0.15) is 18.7 Å². The number of carbonyl (C=O) groups excluding carboxylic acids is 1. The summed E-state index contributed by atoms with van der Waals surface area (Å²) < 4.78 is 1.59. The van der Waals surface area contributed by atoms with Gasteiger partial charge in [0.25, 0.3) is 0 Å². The van der Waals surface area contributed by atoms with Crippen molar-refractivity contribution in [1.29, 1.82) is 0 Å². The van der Waals surface area contributed by atoms with E-state index in [4.69, 9.17) is 0 Å². The molecule has 0 radical (unpaired) electrons. The van der Waals surface area contributed by atoms with Crippen LogP contribution < -0.4 is 16.2 Å². The van der Waals surface area contributed by atoms with E-state index in [1.807, 2.05) is 12.1 Å². The summed E-state index contributed by atoms with van der Waals surface area (Å²) in [5, 5.41) is 6.99. The third-order valence-corrected chi connectivity index (χ3v) is 5.37. The zero-order chi connectivity index (χ0) is 17.9. The van der Waals surface area contributed by atoms with E-state index in [-0.39, 0.29) is 18.0 Å². The van der Waals surface area contributed by atoms with Gasteiger partial charge in [-0.05, 0) is 37.1 Å². The molecule has 8 nitrogen and oxygen atoms in total. The monoisotopic (exact) mass is 369 g/mol. The largest absolute Gasteiger partial charge is 0.351 e. The van der Waals surface area contributed by atoms with Gasteiger partial charge in [-0.15, -0.1) is 11.3 Å². The number of nitrogens with zero attached hydrogens (tertiary/aromatic N) is 4. The molecule has 134 valence electrons. The maximum Gasteiger partial charge on any atom is 0.238 e. The third kappa shape index (κ3) is 3.64.